The molecule has 1 aliphatic heterocycles. The second kappa shape index (κ2) is 8.57. The number of halogens is 7. The summed E-state index contributed by atoms with van der Waals surface area (Å²) in [6, 6.07) is 10.6. The van der Waals surface area contributed by atoms with Gasteiger partial charge in [-0.2, -0.15) is 0 Å². The molecule has 1 saturated carbocycles. The van der Waals surface area contributed by atoms with Gasteiger partial charge in [0.05, 0.1) is 40.4 Å². The fourth-order valence-corrected chi connectivity index (χ4v) is 8.08. The second-order valence-electron chi connectivity index (χ2n) is 8.44. The molecule has 2 aromatic carbocycles. The molecule has 4 atom stereocenters. The maximum absolute atomic E-state index is 13.5. The highest BCUT2D eigenvalue weighted by Crippen LogP contribution is 2.77. The Hall–Kier alpha value is -1.38. The fraction of sp³-hybridized carbons (Fsp3) is 0.261. The summed E-state index contributed by atoms with van der Waals surface area (Å²) in [5, 5.41) is 2.79. The summed E-state index contributed by atoms with van der Waals surface area (Å²) in [7, 11) is 1.46. The molecule has 3 aliphatic rings. The lowest BCUT2D eigenvalue weighted by molar-refractivity contribution is -0.123. The van der Waals surface area contributed by atoms with Crippen molar-refractivity contribution in [2.75, 3.05) is 17.3 Å². The monoisotopic (exact) mass is 626 g/mol. The number of nitrogens with one attached hydrogen (secondary N) is 1. The Bertz CT molecular complexity index is 1330. The zero-order valence-corrected chi connectivity index (χ0v) is 23.2. The van der Waals surface area contributed by atoms with E-state index in [2.05, 4.69) is 5.32 Å². The van der Waals surface area contributed by atoms with E-state index < -0.39 is 43.6 Å². The summed E-state index contributed by atoms with van der Waals surface area (Å²) in [6.45, 7) is 0. The summed E-state index contributed by atoms with van der Waals surface area (Å²) < 4.78 is 3.23. The molecule has 1 saturated heterocycles. The number of nitrogens with zero attached hydrogens (tertiary/aromatic N) is 1. The number of ether oxygens (including phenoxy) is 1. The third kappa shape index (κ3) is 3.16. The summed E-state index contributed by atoms with van der Waals surface area (Å²) in [5.41, 5.74) is 0.813. The van der Waals surface area contributed by atoms with E-state index >= 15 is 0 Å². The van der Waals surface area contributed by atoms with Crippen LogP contribution in [0.1, 0.15) is 10.4 Å². The lowest BCUT2D eigenvalue weighted by Crippen LogP contribution is -2.50. The number of methoxy groups -OCH3 is 1. The van der Waals surface area contributed by atoms with Gasteiger partial charge in [-0.05, 0) is 42.5 Å². The van der Waals surface area contributed by atoms with Gasteiger partial charge in [-0.3, -0.25) is 14.4 Å². The average Bonchev–Trinajstić information content (AvgIpc) is 3.23. The zero-order chi connectivity index (χ0) is 26.4. The molecule has 0 unspecified atom stereocenters. The fourth-order valence-electron chi connectivity index (χ4n) is 4.98. The highest BCUT2D eigenvalue weighted by molar-refractivity contribution is 6.67. The van der Waals surface area contributed by atoms with E-state index in [-0.39, 0.29) is 21.3 Å². The van der Waals surface area contributed by atoms with Gasteiger partial charge in [0.1, 0.15) is 15.5 Å². The second-order valence-corrected chi connectivity index (χ2v) is 12.2. The molecular weight excluding hydrogens is 616 g/mol. The minimum absolute atomic E-state index is 0.168. The van der Waals surface area contributed by atoms with Crippen LogP contribution < -0.4 is 15.0 Å². The van der Waals surface area contributed by atoms with E-state index in [1.54, 1.807) is 18.2 Å². The number of imide groups is 1. The SMILES string of the molecule is COc1ccc(Cl)cc1NC(=O)c1ccc(N2C(=O)[C@@H]3[C@H](C2=O)[C@@]2(Cl)C(Cl)=C(Cl)[C@@]3(Cl)C2(Cl)Cl)cc1. The Kier molecular flexibility index (Phi) is 6.24. The predicted octanol–water partition coefficient (Wildman–Crippen LogP) is 6.55. The smallest absolute Gasteiger partial charge is 0.255 e. The molecule has 188 valence electrons. The summed E-state index contributed by atoms with van der Waals surface area (Å²) in [6.07, 6.45) is 0. The molecule has 6 nitrogen and oxygen atoms in total. The molecule has 0 spiro atoms. The van der Waals surface area contributed by atoms with Crippen molar-refractivity contribution in [1.29, 1.82) is 0 Å². The molecule has 2 fully saturated rings. The molecule has 0 radical (unpaired) electrons. The van der Waals surface area contributed by atoms with Gasteiger partial charge in [0.15, 0.2) is 4.33 Å². The number of rotatable bonds is 4. The van der Waals surface area contributed by atoms with Crippen LogP contribution in [-0.4, -0.2) is 38.9 Å². The maximum Gasteiger partial charge on any atom is 0.255 e. The summed E-state index contributed by atoms with van der Waals surface area (Å²) in [4.78, 5) is 36.8. The molecule has 1 heterocycles. The van der Waals surface area contributed by atoms with Crippen molar-refractivity contribution in [2.24, 2.45) is 11.8 Å². The van der Waals surface area contributed by atoms with Crippen molar-refractivity contribution in [3.05, 3.63) is 63.1 Å². The van der Waals surface area contributed by atoms with Crippen molar-refractivity contribution < 1.29 is 19.1 Å². The Labute approximate surface area is 240 Å². The molecule has 0 aromatic heterocycles. The van der Waals surface area contributed by atoms with Crippen molar-refractivity contribution >= 4 is 110 Å². The molecule has 2 aliphatic carbocycles. The number of amides is 3. The van der Waals surface area contributed by atoms with Crippen LogP contribution in [0.15, 0.2) is 52.5 Å². The lowest BCUT2D eigenvalue weighted by atomic mass is 9.84. The number of fused-ring (bicyclic) bond motifs is 5. The predicted molar refractivity (Wildman–Crippen MR) is 142 cm³/mol. The number of carbonyl (C=O) groups is 3. The number of allylic oxidation sites excluding steroid dienone is 2. The van der Waals surface area contributed by atoms with Gasteiger partial charge in [-0.1, -0.05) is 58.0 Å². The first-order valence-corrected chi connectivity index (χ1v) is 12.9. The van der Waals surface area contributed by atoms with Crippen LogP contribution in [0, 0.1) is 11.8 Å². The first-order chi connectivity index (χ1) is 16.8. The highest BCUT2D eigenvalue weighted by atomic mass is 35.5. The third-order valence-corrected chi connectivity index (χ3v) is 11.2. The highest BCUT2D eigenvalue weighted by Gasteiger charge is 2.87. The van der Waals surface area contributed by atoms with Crippen LogP contribution >= 0.6 is 81.2 Å². The van der Waals surface area contributed by atoms with Gasteiger partial charge in [-0.15, -0.1) is 23.2 Å². The number of anilines is 2. The molecular formula is C23H13Cl7N2O4. The number of benzene rings is 2. The standard InChI is InChI=1S/C23H13Cl7N2O4/c1-36-13-7-4-10(24)8-12(13)31-18(33)9-2-5-11(6-3-9)32-19(34)14-15(20(32)35)22(28)17(26)16(25)21(14,27)23(22,29)30/h2-8,14-15H,1H3,(H,31,33)/t14-,15+,21-,22-/m1/s1. The summed E-state index contributed by atoms with van der Waals surface area (Å²) >= 11 is 45.1. The van der Waals surface area contributed by atoms with Gasteiger partial charge in [0.2, 0.25) is 11.8 Å². The van der Waals surface area contributed by atoms with Gasteiger partial charge >= 0.3 is 0 Å². The third-order valence-electron chi connectivity index (χ3n) is 6.71. The summed E-state index contributed by atoms with van der Waals surface area (Å²) in [5.74, 6) is -3.90. The van der Waals surface area contributed by atoms with Crippen molar-refractivity contribution in [3.63, 3.8) is 0 Å². The quantitative estimate of drug-likeness (QED) is 0.308. The van der Waals surface area contributed by atoms with E-state index in [1.807, 2.05) is 0 Å². The van der Waals surface area contributed by atoms with Crippen LogP contribution in [0.3, 0.4) is 0 Å². The maximum atomic E-state index is 13.5. The van der Waals surface area contributed by atoms with Gasteiger partial charge < -0.3 is 10.1 Å². The number of hydrogen-bond donors (Lipinski definition) is 1. The van der Waals surface area contributed by atoms with Crippen LogP contribution in [0.25, 0.3) is 0 Å². The minimum atomic E-state index is -2.01. The first kappa shape index (κ1) is 26.2. The van der Waals surface area contributed by atoms with Gasteiger partial charge in [0, 0.05) is 10.6 Å². The normalized spacial score (nSPS) is 30.2. The lowest BCUT2D eigenvalue weighted by Gasteiger charge is -2.34. The van der Waals surface area contributed by atoms with E-state index in [9.17, 15) is 14.4 Å². The van der Waals surface area contributed by atoms with E-state index in [1.165, 1.54) is 31.4 Å². The van der Waals surface area contributed by atoms with E-state index in [4.69, 9.17) is 85.9 Å². The number of hydrogen-bond acceptors (Lipinski definition) is 4. The van der Waals surface area contributed by atoms with Crippen LogP contribution in [0.2, 0.25) is 5.02 Å². The van der Waals surface area contributed by atoms with Crippen molar-refractivity contribution in [3.8, 4) is 5.75 Å². The molecule has 1 N–H and O–H groups in total. The average molecular weight is 630 g/mol. The van der Waals surface area contributed by atoms with Crippen molar-refractivity contribution in [2.45, 2.75) is 14.1 Å². The Balaban J connectivity index is 1.44. The molecule has 13 heteroatoms. The molecule has 2 bridgehead atoms. The number of alkyl halides is 4. The van der Waals surface area contributed by atoms with Crippen LogP contribution in [0.4, 0.5) is 11.4 Å². The number of carbonyl (C=O) groups excluding carboxylic acids is 3. The Morgan fingerprint density at radius 2 is 1.42 bits per heavy atom. The van der Waals surface area contributed by atoms with E-state index in [0.717, 1.165) is 4.90 Å². The molecule has 5 rings (SSSR count). The minimum Gasteiger partial charge on any atom is -0.495 e. The molecule has 3 amide bonds. The topological polar surface area (TPSA) is 75.7 Å². The van der Waals surface area contributed by atoms with Crippen LogP contribution in [-0.2, 0) is 9.59 Å². The first-order valence-electron chi connectivity index (χ1n) is 10.3. The van der Waals surface area contributed by atoms with Crippen LogP contribution in [0.5, 0.6) is 5.75 Å². The Morgan fingerprint density at radius 3 is 1.92 bits per heavy atom. The van der Waals surface area contributed by atoms with E-state index in [0.29, 0.717) is 16.5 Å². The largest absolute Gasteiger partial charge is 0.495 e. The zero-order valence-electron chi connectivity index (χ0n) is 17.9. The molecule has 2 aromatic rings. The van der Waals surface area contributed by atoms with Gasteiger partial charge in [0.25, 0.3) is 5.91 Å². The van der Waals surface area contributed by atoms with Crippen molar-refractivity contribution in [1.82, 2.24) is 0 Å². The molecule has 36 heavy (non-hydrogen) atoms. The van der Waals surface area contributed by atoms with Gasteiger partial charge in [-0.25, -0.2) is 4.90 Å². The Morgan fingerprint density at radius 1 is 0.889 bits per heavy atom.